The largest absolute Gasteiger partial charge is 0.494 e. The van der Waals surface area contributed by atoms with Gasteiger partial charge in [-0.1, -0.05) is 6.07 Å². The summed E-state index contributed by atoms with van der Waals surface area (Å²) >= 11 is 0. The molecule has 13 heteroatoms. The molecule has 34 heavy (non-hydrogen) atoms. The van der Waals surface area contributed by atoms with Crippen LogP contribution in [0.3, 0.4) is 0 Å². The van der Waals surface area contributed by atoms with Crippen LogP contribution in [0.15, 0.2) is 46.6 Å². The normalized spacial score (nSPS) is 11.4. The molecule has 0 bridgehead atoms. The van der Waals surface area contributed by atoms with Crippen LogP contribution in [0.2, 0.25) is 0 Å². The number of carbonyl (C=O) groups is 1. The van der Waals surface area contributed by atoms with Gasteiger partial charge in [-0.3, -0.25) is 9.79 Å². The van der Waals surface area contributed by atoms with Crippen molar-refractivity contribution >= 4 is 35.2 Å². The molecule has 1 aromatic carbocycles. The minimum Gasteiger partial charge on any atom is -0.494 e. The highest BCUT2D eigenvalue weighted by Crippen LogP contribution is 2.37. The van der Waals surface area contributed by atoms with Crippen LogP contribution in [0.4, 0.5) is 21.6 Å². The lowest BCUT2D eigenvalue weighted by Gasteiger charge is -2.16. The van der Waals surface area contributed by atoms with Gasteiger partial charge in [-0.2, -0.15) is 0 Å². The molecule has 0 unspecified atom stereocenters. The number of amidine groups is 1. The molecule has 0 aliphatic rings. The number of para-hydroxylation sites is 1. The topological polar surface area (TPSA) is 165 Å². The van der Waals surface area contributed by atoms with Crippen LogP contribution in [-0.2, 0) is 0 Å². The van der Waals surface area contributed by atoms with Gasteiger partial charge in [0.2, 0.25) is 0 Å². The average Bonchev–Trinajstić information content (AvgIpc) is 2.86. The molecule has 0 spiro atoms. The standard InChI is InChI=1S/C21H23FN10O2/c1-4-25-11-17(30-23)29-16-8-15(18(32-31-16)21(33)24-2)28-14-7-5-6-13(19(14)34-3)20-26-9-12(22)10-27-20/h5-11H,4,23H2,1-3H3,(H,24,33)(H2,28,29,30,31). The van der Waals surface area contributed by atoms with Crippen LogP contribution in [0.1, 0.15) is 17.4 Å². The number of hydrazine groups is 1. The summed E-state index contributed by atoms with van der Waals surface area (Å²) in [6.07, 6.45) is 3.58. The summed E-state index contributed by atoms with van der Waals surface area (Å²) in [6.45, 7) is 2.41. The lowest BCUT2D eigenvalue weighted by molar-refractivity contribution is 0.0958. The second-order valence-corrected chi connectivity index (χ2v) is 6.55. The second-order valence-electron chi connectivity index (χ2n) is 6.55. The second kappa shape index (κ2) is 11.4. The van der Waals surface area contributed by atoms with E-state index in [2.05, 4.69) is 46.2 Å². The molecular formula is C21H23FN10O2. The van der Waals surface area contributed by atoms with Gasteiger partial charge in [0.25, 0.3) is 5.91 Å². The molecule has 1 amide bonds. The number of carbonyl (C=O) groups excluding carboxylic acids is 1. The first-order chi connectivity index (χ1) is 16.5. The molecule has 0 saturated heterocycles. The van der Waals surface area contributed by atoms with Crippen LogP contribution in [0.25, 0.3) is 11.4 Å². The van der Waals surface area contributed by atoms with Crippen molar-refractivity contribution in [2.24, 2.45) is 15.8 Å². The van der Waals surface area contributed by atoms with Gasteiger partial charge in [-0.15, -0.1) is 10.2 Å². The van der Waals surface area contributed by atoms with Crippen LogP contribution in [0, 0.1) is 5.82 Å². The summed E-state index contributed by atoms with van der Waals surface area (Å²) in [5, 5.41) is 13.6. The summed E-state index contributed by atoms with van der Waals surface area (Å²) in [5.74, 6) is 5.53. The molecular weight excluding hydrogens is 443 g/mol. The predicted molar refractivity (Wildman–Crippen MR) is 126 cm³/mol. The highest BCUT2D eigenvalue weighted by molar-refractivity contribution is 6.29. The van der Waals surface area contributed by atoms with Crippen LogP contribution >= 0.6 is 0 Å². The molecule has 0 aliphatic carbocycles. The Labute approximate surface area is 194 Å². The molecule has 0 saturated carbocycles. The number of benzene rings is 1. The Bertz CT molecular complexity index is 1210. The SMILES string of the molecule is CCN=CC(=Nc1cc(Nc2cccc(-c3ncc(F)cn3)c2OC)c(C(=O)NC)nn1)NN. The summed E-state index contributed by atoms with van der Waals surface area (Å²) < 4.78 is 18.8. The zero-order valence-electron chi connectivity index (χ0n) is 18.7. The summed E-state index contributed by atoms with van der Waals surface area (Å²) in [5.41, 5.74) is 3.74. The Hall–Kier alpha value is -4.52. The van der Waals surface area contributed by atoms with Crippen molar-refractivity contribution in [2.45, 2.75) is 6.92 Å². The molecule has 2 aromatic heterocycles. The van der Waals surface area contributed by atoms with E-state index in [1.807, 2.05) is 6.92 Å². The third-order valence-corrected chi connectivity index (χ3v) is 4.35. The number of nitrogens with one attached hydrogen (secondary N) is 3. The van der Waals surface area contributed by atoms with Crippen LogP contribution in [-0.4, -0.2) is 58.8 Å². The van der Waals surface area contributed by atoms with Gasteiger partial charge in [0, 0.05) is 19.7 Å². The number of nitrogens with two attached hydrogens (primary N) is 1. The van der Waals surface area contributed by atoms with Gasteiger partial charge in [0.05, 0.1) is 42.7 Å². The van der Waals surface area contributed by atoms with Crippen LogP contribution < -0.4 is 26.6 Å². The summed E-state index contributed by atoms with van der Waals surface area (Å²) in [6, 6.07) is 6.71. The Morgan fingerprint density at radius 1 is 1.24 bits per heavy atom. The van der Waals surface area contributed by atoms with E-state index >= 15 is 0 Å². The molecule has 0 radical (unpaired) electrons. The predicted octanol–water partition coefficient (Wildman–Crippen LogP) is 1.77. The number of methoxy groups -OCH3 is 1. The first kappa shape index (κ1) is 24.1. The van der Waals surface area contributed by atoms with Gasteiger partial charge in [0.15, 0.2) is 34.7 Å². The van der Waals surface area contributed by atoms with Gasteiger partial charge in [0.1, 0.15) is 0 Å². The quantitative estimate of drug-likeness (QED) is 0.167. The van der Waals surface area contributed by atoms with Crippen LogP contribution in [0.5, 0.6) is 5.75 Å². The molecule has 176 valence electrons. The van der Waals surface area contributed by atoms with Crippen molar-refractivity contribution in [1.29, 1.82) is 0 Å². The monoisotopic (exact) mass is 466 g/mol. The van der Waals surface area contributed by atoms with Gasteiger partial charge in [-0.05, 0) is 19.1 Å². The van der Waals surface area contributed by atoms with Crippen molar-refractivity contribution in [2.75, 3.05) is 26.0 Å². The number of aliphatic imine (C=N–C) groups is 2. The Balaban J connectivity index is 2.07. The number of nitrogens with zero attached hydrogens (tertiary/aromatic N) is 6. The van der Waals surface area contributed by atoms with E-state index in [-0.39, 0.29) is 23.2 Å². The first-order valence-corrected chi connectivity index (χ1v) is 10.1. The number of hydrogen-bond acceptors (Lipinski definition) is 10. The Morgan fingerprint density at radius 3 is 2.65 bits per heavy atom. The number of hydrogen-bond donors (Lipinski definition) is 4. The van der Waals surface area contributed by atoms with E-state index in [1.54, 1.807) is 18.2 Å². The Kier molecular flexibility index (Phi) is 8.07. The van der Waals surface area contributed by atoms with Gasteiger partial charge >= 0.3 is 0 Å². The minimum atomic E-state index is -0.557. The number of halogens is 1. The molecule has 0 atom stereocenters. The number of amides is 1. The number of rotatable bonds is 8. The zero-order chi connectivity index (χ0) is 24.5. The van der Waals surface area contributed by atoms with Gasteiger partial charge < -0.3 is 20.8 Å². The fraction of sp³-hybridized carbons (Fsp3) is 0.190. The maximum atomic E-state index is 13.3. The molecule has 0 aliphatic heterocycles. The zero-order valence-corrected chi connectivity index (χ0v) is 18.7. The smallest absolute Gasteiger partial charge is 0.273 e. The maximum absolute atomic E-state index is 13.3. The lowest BCUT2D eigenvalue weighted by atomic mass is 10.1. The highest BCUT2D eigenvalue weighted by Gasteiger charge is 2.18. The Morgan fingerprint density at radius 2 is 2.00 bits per heavy atom. The van der Waals surface area contributed by atoms with Crippen molar-refractivity contribution in [3.63, 3.8) is 0 Å². The van der Waals surface area contributed by atoms with Crippen molar-refractivity contribution in [3.8, 4) is 17.1 Å². The third-order valence-electron chi connectivity index (χ3n) is 4.35. The molecule has 2 heterocycles. The summed E-state index contributed by atoms with van der Waals surface area (Å²) in [4.78, 5) is 28.8. The maximum Gasteiger partial charge on any atom is 0.273 e. The van der Waals surface area contributed by atoms with Gasteiger partial charge in [-0.25, -0.2) is 25.2 Å². The van der Waals surface area contributed by atoms with E-state index in [4.69, 9.17) is 10.6 Å². The van der Waals surface area contributed by atoms with Crippen molar-refractivity contribution in [1.82, 2.24) is 30.9 Å². The van der Waals surface area contributed by atoms with E-state index < -0.39 is 11.7 Å². The number of aromatic nitrogens is 4. The number of ether oxygens (including phenoxy) is 1. The molecule has 5 N–H and O–H groups in total. The van der Waals surface area contributed by atoms with E-state index in [1.165, 1.54) is 26.4 Å². The third kappa shape index (κ3) is 5.63. The average molecular weight is 466 g/mol. The highest BCUT2D eigenvalue weighted by atomic mass is 19.1. The molecule has 3 rings (SSSR count). The fourth-order valence-corrected chi connectivity index (χ4v) is 2.84. The molecule has 3 aromatic rings. The first-order valence-electron chi connectivity index (χ1n) is 10.1. The van der Waals surface area contributed by atoms with E-state index in [0.717, 1.165) is 12.4 Å². The van der Waals surface area contributed by atoms with Crippen molar-refractivity contribution in [3.05, 3.63) is 48.2 Å². The number of anilines is 2. The lowest BCUT2D eigenvalue weighted by Crippen LogP contribution is -2.31. The minimum absolute atomic E-state index is 0.0245. The molecule has 0 fully saturated rings. The van der Waals surface area contributed by atoms with E-state index in [0.29, 0.717) is 29.2 Å². The fourth-order valence-electron chi connectivity index (χ4n) is 2.84. The van der Waals surface area contributed by atoms with Crippen molar-refractivity contribution < 1.29 is 13.9 Å². The summed E-state index contributed by atoms with van der Waals surface area (Å²) in [7, 11) is 2.95. The van der Waals surface area contributed by atoms with E-state index in [9.17, 15) is 9.18 Å². The molecule has 12 nitrogen and oxygen atoms in total.